The smallest absolute Gasteiger partial charge is 0.229 e. The Balaban J connectivity index is 1.27. The van der Waals surface area contributed by atoms with Gasteiger partial charge >= 0.3 is 0 Å². The quantitative estimate of drug-likeness (QED) is 0.316. The zero-order valence-electron chi connectivity index (χ0n) is 22.1. The maximum absolute atomic E-state index is 5.72. The Hall–Kier alpha value is -4.15. The number of nitrogens with zero attached hydrogens (tertiary/aromatic N) is 6. The first-order valence-corrected chi connectivity index (χ1v) is 12.7. The lowest BCUT2D eigenvalue weighted by molar-refractivity contribution is 0.165. The van der Waals surface area contributed by atoms with Gasteiger partial charge in [0, 0.05) is 67.1 Å². The van der Waals surface area contributed by atoms with Crippen molar-refractivity contribution in [2.24, 2.45) is 0 Å². The van der Waals surface area contributed by atoms with Gasteiger partial charge in [0.25, 0.3) is 0 Å². The molecule has 1 aliphatic heterocycles. The Morgan fingerprint density at radius 2 is 1.68 bits per heavy atom. The van der Waals surface area contributed by atoms with Crippen LogP contribution in [0.1, 0.15) is 25.1 Å². The summed E-state index contributed by atoms with van der Waals surface area (Å²) in [5.41, 5.74) is 3.63. The highest BCUT2D eigenvalue weighted by atomic mass is 16.5. The van der Waals surface area contributed by atoms with Gasteiger partial charge in [0.05, 0.1) is 7.11 Å². The predicted octanol–water partition coefficient (Wildman–Crippen LogP) is 4.32. The summed E-state index contributed by atoms with van der Waals surface area (Å²) in [6, 6.07) is 16.4. The van der Waals surface area contributed by atoms with Crippen LogP contribution in [0.15, 0.2) is 60.9 Å². The number of benzene rings is 1. The van der Waals surface area contributed by atoms with Gasteiger partial charge in [-0.05, 0) is 51.1 Å². The number of anilines is 4. The maximum Gasteiger partial charge on any atom is 0.229 e. The molecule has 3 aromatic heterocycles. The first-order valence-electron chi connectivity index (χ1n) is 12.7. The lowest BCUT2D eigenvalue weighted by Crippen LogP contribution is -2.53. The lowest BCUT2D eigenvalue weighted by atomic mass is 10.1. The normalized spacial score (nSPS) is 17.7. The highest BCUT2D eigenvalue weighted by Gasteiger charge is 2.22. The number of hydrogen-bond acceptors (Lipinski definition) is 10. The first kappa shape index (κ1) is 25.5. The summed E-state index contributed by atoms with van der Waals surface area (Å²) in [6.07, 6.45) is 3.39. The SMILES string of the molecule is COc1cc(Nc2nccc(Nc3ccnc(-c4cccc(C)n4)n3)n2)ccc1CN1CC(C)NC(C)C1. The lowest BCUT2D eigenvalue weighted by Gasteiger charge is -2.36. The molecule has 5 rings (SSSR count). The number of rotatable bonds is 8. The van der Waals surface area contributed by atoms with E-state index in [1.54, 1.807) is 31.6 Å². The molecule has 1 aromatic carbocycles. The molecule has 1 aliphatic rings. The van der Waals surface area contributed by atoms with Gasteiger partial charge in [-0.25, -0.2) is 19.9 Å². The van der Waals surface area contributed by atoms with Gasteiger partial charge in [-0.3, -0.25) is 4.90 Å². The van der Waals surface area contributed by atoms with Crippen LogP contribution in [0.2, 0.25) is 0 Å². The van der Waals surface area contributed by atoms with Crippen molar-refractivity contribution in [2.75, 3.05) is 30.8 Å². The van der Waals surface area contributed by atoms with Crippen LogP contribution in [0.4, 0.5) is 23.3 Å². The predicted molar refractivity (Wildman–Crippen MR) is 149 cm³/mol. The van der Waals surface area contributed by atoms with E-state index in [1.165, 1.54) is 0 Å². The topological polar surface area (TPSA) is 113 Å². The van der Waals surface area contributed by atoms with Gasteiger partial charge in [-0.15, -0.1) is 0 Å². The van der Waals surface area contributed by atoms with Crippen molar-refractivity contribution in [2.45, 2.75) is 39.4 Å². The molecule has 38 heavy (non-hydrogen) atoms. The van der Waals surface area contributed by atoms with E-state index in [9.17, 15) is 0 Å². The van der Waals surface area contributed by atoms with Crippen molar-refractivity contribution in [3.63, 3.8) is 0 Å². The largest absolute Gasteiger partial charge is 0.496 e. The number of aromatic nitrogens is 5. The van der Waals surface area contributed by atoms with E-state index in [4.69, 9.17) is 4.74 Å². The minimum atomic E-state index is 0.462. The molecule has 4 heterocycles. The Kier molecular flexibility index (Phi) is 7.71. The number of methoxy groups -OCH3 is 1. The standard InChI is InChI=1S/C28H33N9O/c1-18-6-5-7-23(32-18)27-29-12-10-25(35-27)34-26-11-13-30-28(36-26)33-22-9-8-21(24(14-22)38-4)17-37-15-19(2)31-20(3)16-37/h5-14,19-20,31H,15-17H2,1-4H3,(H2,29,30,33,34,35,36). The molecule has 0 bridgehead atoms. The second kappa shape index (κ2) is 11.5. The van der Waals surface area contributed by atoms with Crippen molar-refractivity contribution >= 4 is 23.3 Å². The van der Waals surface area contributed by atoms with E-state index in [0.717, 1.165) is 48.0 Å². The average molecular weight is 512 g/mol. The number of pyridine rings is 1. The van der Waals surface area contributed by atoms with Crippen LogP contribution in [0.25, 0.3) is 11.5 Å². The molecule has 3 N–H and O–H groups in total. The molecule has 10 nitrogen and oxygen atoms in total. The minimum absolute atomic E-state index is 0.462. The van der Waals surface area contributed by atoms with E-state index >= 15 is 0 Å². The van der Waals surface area contributed by atoms with Gasteiger partial charge in [-0.1, -0.05) is 12.1 Å². The summed E-state index contributed by atoms with van der Waals surface area (Å²) in [7, 11) is 1.70. The van der Waals surface area contributed by atoms with Crippen LogP contribution < -0.4 is 20.7 Å². The molecule has 1 saturated heterocycles. The third-order valence-corrected chi connectivity index (χ3v) is 6.26. The fourth-order valence-corrected chi connectivity index (χ4v) is 4.73. The number of aryl methyl sites for hydroxylation is 1. The molecule has 0 aliphatic carbocycles. The van der Waals surface area contributed by atoms with Crippen LogP contribution >= 0.6 is 0 Å². The molecule has 2 atom stereocenters. The third-order valence-electron chi connectivity index (χ3n) is 6.26. The van der Waals surface area contributed by atoms with Gasteiger partial charge < -0.3 is 20.7 Å². The second-order valence-electron chi connectivity index (χ2n) is 9.63. The fourth-order valence-electron chi connectivity index (χ4n) is 4.73. The summed E-state index contributed by atoms with van der Waals surface area (Å²) in [5, 5.41) is 10.1. The molecule has 10 heteroatoms. The molecule has 0 saturated carbocycles. The summed E-state index contributed by atoms with van der Waals surface area (Å²) in [5.74, 6) is 3.06. The molecule has 1 fully saturated rings. The highest BCUT2D eigenvalue weighted by Crippen LogP contribution is 2.27. The van der Waals surface area contributed by atoms with Crippen LogP contribution in [0.5, 0.6) is 5.75 Å². The van der Waals surface area contributed by atoms with Crippen molar-refractivity contribution in [1.82, 2.24) is 35.1 Å². The van der Waals surface area contributed by atoms with Crippen molar-refractivity contribution in [1.29, 1.82) is 0 Å². The van der Waals surface area contributed by atoms with Gasteiger partial charge in [0.1, 0.15) is 23.1 Å². The first-order chi connectivity index (χ1) is 18.4. The number of nitrogens with one attached hydrogen (secondary N) is 3. The summed E-state index contributed by atoms with van der Waals surface area (Å²) < 4.78 is 5.72. The zero-order chi connectivity index (χ0) is 26.5. The van der Waals surface area contributed by atoms with Crippen molar-refractivity contribution < 1.29 is 4.74 Å². The monoisotopic (exact) mass is 511 g/mol. The second-order valence-corrected chi connectivity index (χ2v) is 9.63. The molecule has 0 spiro atoms. The fraction of sp³-hybridized carbons (Fsp3) is 0.321. The molecular weight excluding hydrogens is 478 g/mol. The molecule has 4 aromatic rings. The maximum atomic E-state index is 5.72. The van der Waals surface area contributed by atoms with Crippen molar-refractivity contribution in [3.8, 4) is 17.3 Å². The Morgan fingerprint density at radius 1 is 0.921 bits per heavy atom. The Labute approximate surface area is 223 Å². The highest BCUT2D eigenvalue weighted by molar-refractivity contribution is 5.61. The number of piperazine rings is 1. The zero-order valence-corrected chi connectivity index (χ0v) is 22.1. The summed E-state index contributed by atoms with van der Waals surface area (Å²) >= 11 is 0. The molecule has 2 unspecified atom stereocenters. The molecule has 0 amide bonds. The van der Waals surface area contributed by atoms with Crippen molar-refractivity contribution in [3.05, 3.63) is 72.2 Å². The van der Waals surface area contributed by atoms with E-state index in [1.807, 2.05) is 37.3 Å². The molecule has 0 radical (unpaired) electrons. The van der Waals surface area contributed by atoms with Crippen LogP contribution in [0.3, 0.4) is 0 Å². The summed E-state index contributed by atoms with van der Waals surface area (Å²) in [6.45, 7) is 9.25. The number of ether oxygens (including phenoxy) is 1. The van der Waals surface area contributed by atoms with Crippen LogP contribution in [-0.2, 0) is 6.54 Å². The third kappa shape index (κ3) is 6.39. The van der Waals surface area contributed by atoms with E-state index in [-0.39, 0.29) is 0 Å². The van der Waals surface area contributed by atoms with Gasteiger partial charge in [0.15, 0.2) is 5.82 Å². The summed E-state index contributed by atoms with van der Waals surface area (Å²) in [4.78, 5) is 24.9. The number of hydrogen-bond donors (Lipinski definition) is 3. The molecule has 196 valence electrons. The van der Waals surface area contributed by atoms with E-state index < -0.39 is 0 Å². The Bertz CT molecular complexity index is 1390. The van der Waals surface area contributed by atoms with Crippen LogP contribution in [0, 0.1) is 6.92 Å². The van der Waals surface area contributed by atoms with Gasteiger partial charge in [0.2, 0.25) is 5.95 Å². The minimum Gasteiger partial charge on any atom is -0.496 e. The van der Waals surface area contributed by atoms with Crippen LogP contribution in [-0.4, -0.2) is 62.1 Å². The Morgan fingerprint density at radius 3 is 2.45 bits per heavy atom. The van der Waals surface area contributed by atoms with E-state index in [0.29, 0.717) is 35.5 Å². The average Bonchev–Trinajstić information content (AvgIpc) is 2.89. The molecular formula is C28H33N9O. The van der Waals surface area contributed by atoms with E-state index in [2.05, 4.69) is 65.7 Å². The van der Waals surface area contributed by atoms with Gasteiger partial charge in [-0.2, -0.15) is 4.98 Å².